The SMILES string of the molecule is CCCC(C)NC(=O)c1cnn2c(NC)cc(Nc3cccn(C)c3=O)nc12. The van der Waals surface area contributed by atoms with Gasteiger partial charge in [-0.05, 0) is 25.5 Å². The fraction of sp³-hybridized carbons (Fsp3) is 0.368. The molecule has 1 atom stereocenters. The summed E-state index contributed by atoms with van der Waals surface area (Å²) in [6.45, 7) is 4.04. The summed E-state index contributed by atoms with van der Waals surface area (Å²) in [5.41, 5.74) is 1.01. The van der Waals surface area contributed by atoms with E-state index in [-0.39, 0.29) is 17.5 Å². The molecule has 0 aliphatic carbocycles. The van der Waals surface area contributed by atoms with Crippen LogP contribution >= 0.6 is 0 Å². The first-order chi connectivity index (χ1) is 13.4. The minimum Gasteiger partial charge on any atom is -0.373 e. The molecule has 1 amide bonds. The first-order valence-electron chi connectivity index (χ1n) is 9.24. The van der Waals surface area contributed by atoms with Crippen molar-refractivity contribution in [2.45, 2.75) is 32.7 Å². The topological polar surface area (TPSA) is 105 Å². The molecule has 0 saturated heterocycles. The Kier molecular flexibility index (Phi) is 5.62. The molecule has 0 spiro atoms. The predicted octanol–water partition coefficient (Wildman–Crippen LogP) is 2.13. The third-order valence-electron chi connectivity index (χ3n) is 4.46. The Labute approximate surface area is 162 Å². The predicted molar refractivity (Wildman–Crippen MR) is 109 cm³/mol. The van der Waals surface area contributed by atoms with Gasteiger partial charge in [-0.1, -0.05) is 13.3 Å². The van der Waals surface area contributed by atoms with E-state index in [9.17, 15) is 9.59 Å². The highest BCUT2D eigenvalue weighted by atomic mass is 16.2. The van der Waals surface area contributed by atoms with Gasteiger partial charge in [0, 0.05) is 32.4 Å². The third kappa shape index (κ3) is 3.83. The number of amides is 1. The lowest BCUT2D eigenvalue weighted by atomic mass is 10.2. The second kappa shape index (κ2) is 8.12. The number of rotatable bonds is 7. The van der Waals surface area contributed by atoms with Crippen molar-refractivity contribution in [1.82, 2.24) is 24.5 Å². The van der Waals surface area contributed by atoms with Gasteiger partial charge in [-0.2, -0.15) is 9.61 Å². The fourth-order valence-corrected chi connectivity index (χ4v) is 3.00. The Morgan fingerprint density at radius 1 is 1.36 bits per heavy atom. The van der Waals surface area contributed by atoms with Crippen molar-refractivity contribution in [2.75, 3.05) is 17.7 Å². The summed E-state index contributed by atoms with van der Waals surface area (Å²) in [4.78, 5) is 29.5. The zero-order valence-electron chi connectivity index (χ0n) is 16.5. The van der Waals surface area contributed by atoms with E-state index in [1.54, 1.807) is 43.0 Å². The molecular formula is C19H25N7O2. The van der Waals surface area contributed by atoms with E-state index in [2.05, 4.69) is 33.0 Å². The zero-order valence-corrected chi connectivity index (χ0v) is 16.5. The maximum atomic E-state index is 12.7. The van der Waals surface area contributed by atoms with Crippen molar-refractivity contribution in [3.8, 4) is 0 Å². The number of carbonyl (C=O) groups is 1. The third-order valence-corrected chi connectivity index (χ3v) is 4.46. The van der Waals surface area contributed by atoms with Crippen LogP contribution in [0.1, 0.15) is 37.0 Å². The second-order valence-corrected chi connectivity index (χ2v) is 6.70. The van der Waals surface area contributed by atoms with Crippen molar-refractivity contribution in [3.05, 3.63) is 46.5 Å². The van der Waals surface area contributed by atoms with Crippen LogP contribution in [0, 0.1) is 0 Å². The Morgan fingerprint density at radius 2 is 2.14 bits per heavy atom. The van der Waals surface area contributed by atoms with E-state index < -0.39 is 0 Å². The van der Waals surface area contributed by atoms with Crippen molar-refractivity contribution in [3.63, 3.8) is 0 Å². The lowest BCUT2D eigenvalue weighted by Gasteiger charge is -2.13. The van der Waals surface area contributed by atoms with Gasteiger partial charge in [-0.25, -0.2) is 4.98 Å². The summed E-state index contributed by atoms with van der Waals surface area (Å²) in [6, 6.07) is 5.25. The van der Waals surface area contributed by atoms with Gasteiger partial charge in [-0.15, -0.1) is 0 Å². The van der Waals surface area contributed by atoms with Gasteiger partial charge >= 0.3 is 0 Å². The summed E-state index contributed by atoms with van der Waals surface area (Å²) < 4.78 is 3.04. The fourth-order valence-electron chi connectivity index (χ4n) is 3.00. The molecule has 3 aromatic rings. The molecule has 3 rings (SSSR count). The Balaban J connectivity index is 2.00. The summed E-state index contributed by atoms with van der Waals surface area (Å²) in [5, 5.41) is 13.3. The number of fused-ring (bicyclic) bond motifs is 1. The number of pyridine rings is 1. The molecule has 9 nitrogen and oxygen atoms in total. The minimum atomic E-state index is -0.224. The number of nitrogens with zero attached hydrogens (tertiary/aromatic N) is 4. The van der Waals surface area contributed by atoms with E-state index >= 15 is 0 Å². The van der Waals surface area contributed by atoms with Gasteiger partial charge in [0.25, 0.3) is 11.5 Å². The normalized spacial score (nSPS) is 12.0. The van der Waals surface area contributed by atoms with Crippen molar-refractivity contribution in [2.24, 2.45) is 7.05 Å². The highest BCUT2D eigenvalue weighted by Crippen LogP contribution is 2.20. The molecule has 0 radical (unpaired) electrons. The van der Waals surface area contributed by atoms with Crippen molar-refractivity contribution < 1.29 is 4.79 Å². The monoisotopic (exact) mass is 383 g/mol. The molecule has 3 aromatic heterocycles. The van der Waals surface area contributed by atoms with Gasteiger partial charge in [0.1, 0.15) is 22.9 Å². The Hall–Kier alpha value is -3.36. The lowest BCUT2D eigenvalue weighted by Crippen LogP contribution is -2.32. The maximum absolute atomic E-state index is 12.7. The molecular weight excluding hydrogens is 358 g/mol. The quantitative estimate of drug-likeness (QED) is 0.577. The second-order valence-electron chi connectivity index (χ2n) is 6.70. The van der Waals surface area contributed by atoms with Crippen molar-refractivity contribution >= 4 is 28.9 Å². The van der Waals surface area contributed by atoms with Crippen LogP contribution < -0.4 is 21.5 Å². The molecule has 0 bridgehead atoms. The molecule has 0 fully saturated rings. The smallest absolute Gasteiger partial charge is 0.274 e. The van der Waals surface area contributed by atoms with Crippen LogP contribution in [0.3, 0.4) is 0 Å². The number of hydrogen-bond donors (Lipinski definition) is 3. The first kappa shape index (κ1) is 19.4. The van der Waals surface area contributed by atoms with Gasteiger partial charge < -0.3 is 20.5 Å². The minimum absolute atomic E-state index is 0.0601. The van der Waals surface area contributed by atoms with Crippen LogP contribution in [0.4, 0.5) is 17.3 Å². The number of aromatic nitrogens is 4. The van der Waals surface area contributed by atoms with Crippen LogP contribution in [-0.4, -0.2) is 38.2 Å². The summed E-state index contributed by atoms with van der Waals surface area (Å²) in [6.07, 6.45) is 5.06. The molecule has 0 aliphatic rings. The Morgan fingerprint density at radius 3 is 2.86 bits per heavy atom. The van der Waals surface area contributed by atoms with E-state index in [0.717, 1.165) is 12.8 Å². The molecule has 0 saturated carbocycles. The molecule has 0 aliphatic heterocycles. The summed E-state index contributed by atoms with van der Waals surface area (Å²) >= 11 is 0. The first-order valence-corrected chi connectivity index (χ1v) is 9.24. The van der Waals surface area contributed by atoms with Crippen molar-refractivity contribution in [1.29, 1.82) is 0 Å². The van der Waals surface area contributed by atoms with Crippen LogP contribution in [0.5, 0.6) is 0 Å². The largest absolute Gasteiger partial charge is 0.373 e. The van der Waals surface area contributed by atoms with E-state index in [1.807, 2.05) is 6.92 Å². The van der Waals surface area contributed by atoms with Crippen LogP contribution in [0.15, 0.2) is 35.4 Å². The molecule has 9 heteroatoms. The zero-order chi connectivity index (χ0) is 20.3. The number of aryl methyl sites for hydroxylation is 1. The number of hydrogen-bond acceptors (Lipinski definition) is 6. The van der Waals surface area contributed by atoms with Crippen LogP contribution in [-0.2, 0) is 7.05 Å². The molecule has 28 heavy (non-hydrogen) atoms. The van der Waals surface area contributed by atoms with Gasteiger partial charge in [0.15, 0.2) is 5.65 Å². The van der Waals surface area contributed by atoms with Crippen LogP contribution in [0.2, 0.25) is 0 Å². The molecule has 0 aromatic carbocycles. The highest BCUT2D eigenvalue weighted by molar-refractivity contribution is 6.00. The highest BCUT2D eigenvalue weighted by Gasteiger charge is 2.18. The van der Waals surface area contributed by atoms with Gasteiger partial charge in [-0.3, -0.25) is 9.59 Å². The van der Waals surface area contributed by atoms with Gasteiger partial charge in [0.05, 0.1) is 6.20 Å². The average Bonchev–Trinajstić information content (AvgIpc) is 3.09. The average molecular weight is 383 g/mol. The van der Waals surface area contributed by atoms with E-state index in [4.69, 9.17) is 0 Å². The molecule has 1 unspecified atom stereocenters. The summed E-state index contributed by atoms with van der Waals surface area (Å²) in [7, 11) is 3.44. The Bertz CT molecular complexity index is 1050. The van der Waals surface area contributed by atoms with Gasteiger partial charge in [0.2, 0.25) is 0 Å². The van der Waals surface area contributed by atoms with E-state index in [1.165, 1.54) is 10.8 Å². The molecule has 148 valence electrons. The molecule has 3 N–H and O–H groups in total. The van der Waals surface area contributed by atoms with Crippen LogP contribution in [0.25, 0.3) is 5.65 Å². The lowest BCUT2D eigenvalue weighted by molar-refractivity contribution is 0.0940. The number of carbonyl (C=O) groups excluding carboxylic acids is 1. The van der Waals surface area contributed by atoms with E-state index in [0.29, 0.717) is 28.5 Å². The maximum Gasteiger partial charge on any atom is 0.274 e. The standard InChI is InChI=1S/C19H25N7O2/c1-5-7-12(2)22-18(27)13-11-21-26-16(20-3)10-15(24-17(13)26)23-14-8-6-9-25(4)19(14)28/h6,8-12,20H,5,7H2,1-4H3,(H,22,27)(H,23,24). The number of anilines is 3. The molecule has 3 heterocycles. The number of nitrogens with one attached hydrogen (secondary N) is 3. The summed E-state index contributed by atoms with van der Waals surface area (Å²) in [5.74, 6) is 0.857.